The Morgan fingerprint density at radius 1 is 1.24 bits per heavy atom. The van der Waals surface area contributed by atoms with E-state index in [-0.39, 0.29) is 12.4 Å². The molecule has 2 fully saturated rings. The monoisotopic (exact) mass is 326 g/mol. The smallest absolute Gasteiger partial charge is 0.0234 e. The second kappa shape index (κ2) is 7.87. The molecule has 0 unspecified atom stereocenters. The van der Waals surface area contributed by atoms with Gasteiger partial charge in [0.25, 0.3) is 0 Å². The zero-order chi connectivity index (χ0) is 13.8. The predicted octanol–water partition coefficient (Wildman–Crippen LogP) is 3.80. The van der Waals surface area contributed by atoms with Crippen LogP contribution in [0.1, 0.15) is 31.7 Å². The van der Waals surface area contributed by atoms with Crippen LogP contribution in [0.2, 0.25) is 0 Å². The number of halogens is 1. The van der Waals surface area contributed by atoms with Crippen molar-refractivity contribution in [3.63, 3.8) is 0 Å². The third kappa shape index (κ3) is 4.38. The molecule has 0 bridgehead atoms. The van der Waals surface area contributed by atoms with E-state index in [0.29, 0.717) is 5.41 Å². The molecule has 118 valence electrons. The molecule has 4 heteroatoms. The summed E-state index contributed by atoms with van der Waals surface area (Å²) in [4.78, 5) is 4.09. The molecule has 1 N–H and O–H groups in total. The van der Waals surface area contributed by atoms with E-state index >= 15 is 0 Å². The van der Waals surface area contributed by atoms with E-state index in [9.17, 15) is 0 Å². The van der Waals surface area contributed by atoms with Crippen LogP contribution in [0.4, 0.5) is 0 Å². The highest BCUT2D eigenvalue weighted by Gasteiger charge is 2.38. The van der Waals surface area contributed by atoms with Gasteiger partial charge in [0, 0.05) is 18.0 Å². The lowest BCUT2D eigenvalue weighted by Crippen LogP contribution is -2.38. The largest absolute Gasteiger partial charge is 0.317 e. The second-order valence-corrected chi connectivity index (χ2v) is 7.63. The quantitative estimate of drug-likeness (QED) is 0.847. The SMILES string of the molecule is CCSc1cccc(CN2CCC3(CCNCC3)C2)c1.Cl. The molecule has 2 saturated heterocycles. The lowest BCUT2D eigenvalue weighted by atomic mass is 9.78. The normalized spacial score (nSPS) is 21.4. The number of hydrogen-bond acceptors (Lipinski definition) is 3. The molecule has 1 spiro atoms. The predicted molar refractivity (Wildman–Crippen MR) is 94.5 cm³/mol. The van der Waals surface area contributed by atoms with Crippen molar-refractivity contribution in [1.29, 1.82) is 0 Å². The molecule has 2 heterocycles. The van der Waals surface area contributed by atoms with Gasteiger partial charge in [0.1, 0.15) is 0 Å². The molecule has 0 atom stereocenters. The number of likely N-dealkylation sites (tertiary alicyclic amines) is 1. The van der Waals surface area contributed by atoms with Crippen LogP contribution in [0, 0.1) is 5.41 Å². The van der Waals surface area contributed by atoms with Crippen LogP contribution < -0.4 is 5.32 Å². The minimum atomic E-state index is 0. The molecular weight excluding hydrogens is 300 g/mol. The number of rotatable bonds is 4. The van der Waals surface area contributed by atoms with Gasteiger partial charge >= 0.3 is 0 Å². The van der Waals surface area contributed by atoms with Gasteiger partial charge in [-0.2, -0.15) is 0 Å². The van der Waals surface area contributed by atoms with Crippen LogP contribution in [0.5, 0.6) is 0 Å². The maximum Gasteiger partial charge on any atom is 0.0234 e. The Balaban J connectivity index is 0.00000161. The van der Waals surface area contributed by atoms with E-state index in [4.69, 9.17) is 0 Å². The topological polar surface area (TPSA) is 15.3 Å². The summed E-state index contributed by atoms with van der Waals surface area (Å²) in [6, 6.07) is 9.11. The first kappa shape index (κ1) is 17.1. The Bertz CT molecular complexity index is 446. The fourth-order valence-corrected chi connectivity index (χ4v) is 4.43. The molecular formula is C17H27ClN2S. The molecule has 0 saturated carbocycles. The van der Waals surface area contributed by atoms with Gasteiger partial charge in [-0.3, -0.25) is 4.90 Å². The van der Waals surface area contributed by atoms with Crippen molar-refractivity contribution in [2.75, 3.05) is 31.9 Å². The minimum absolute atomic E-state index is 0. The molecule has 2 aliphatic rings. The second-order valence-electron chi connectivity index (χ2n) is 6.29. The minimum Gasteiger partial charge on any atom is -0.317 e. The highest BCUT2D eigenvalue weighted by Crippen LogP contribution is 2.39. The first-order valence-electron chi connectivity index (χ1n) is 7.94. The van der Waals surface area contributed by atoms with Crippen molar-refractivity contribution in [2.24, 2.45) is 5.41 Å². The number of thioether (sulfide) groups is 1. The van der Waals surface area contributed by atoms with Gasteiger partial charge in [0.05, 0.1) is 0 Å². The fraction of sp³-hybridized carbons (Fsp3) is 0.647. The van der Waals surface area contributed by atoms with Crippen LogP contribution in [0.3, 0.4) is 0 Å². The number of benzene rings is 1. The molecule has 1 aromatic rings. The Hall–Kier alpha value is -0.220. The number of hydrogen-bond donors (Lipinski definition) is 1. The molecule has 0 aliphatic carbocycles. The van der Waals surface area contributed by atoms with Crippen LogP contribution in [-0.2, 0) is 6.54 Å². The van der Waals surface area contributed by atoms with E-state index in [2.05, 4.69) is 41.4 Å². The van der Waals surface area contributed by atoms with Crippen LogP contribution in [0.15, 0.2) is 29.2 Å². The van der Waals surface area contributed by atoms with Gasteiger partial charge in [-0.25, -0.2) is 0 Å². The Labute approximate surface area is 139 Å². The van der Waals surface area contributed by atoms with Gasteiger partial charge in [-0.15, -0.1) is 24.2 Å². The molecule has 0 radical (unpaired) electrons. The third-order valence-corrected chi connectivity index (χ3v) is 5.67. The van der Waals surface area contributed by atoms with Crippen molar-refractivity contribution < 1.29 is 0 Å². The summed E-state index contributed by atoms with van der Waals surface area (Å²) in [5.74, 6) is 1.16. The average Bonchev–Trinajstić information content (AvgIpc) is 2.83. The lowest BCUT2D eigenvalue weighted by molar-refractivity contribution is 0.194. The first-order chi connectivity index (χ1) is 9.80. The van der Waals surface area contributed by atoms with E-state index in [1.807, 2.05) is 11.8 Å². The van der Waals surface area contributed by atoms with Gasteiger partial charge in [0.15, 0.2) is 0 Å². The maximum absolute atomic E-state index is 3.50. The van der Waals surface area contributed by atoms with Crippen molar-refractivity contribution in [2.45, 2.75) is 37.6 Å². The Morgan fingerprint density at radius 2 is 2.05 bits per heavy atom. The highest BCUT2D eigenvalue weighted by molar-refractivity contribution is 7.99. The highest BCUT2D eigenvalue weighted by atomic mass is 35.5. The Morgan fingerprint density at radius 3 is 2.81 bits per heavy atom. The zero-order valence-electron chi connectivity index (χ0n) is 12.9. The third-order valence-electron chi connectivity index (χ3n) is 4.80. The standard InChI is InChI=1S/C17H26N2S.ClH/c1-2-20-16-5-3-4-15(12-16)13-19-11-8-17(14-19)6-9-18-10-7-17;/h3-5,12,18H,2,6-11,13-14H2,1H3;1H. The van der Waals surface area contributed by atoms with Gasteiger partial charge < -0.3 is 5.32 Å². The summed E-state index contributed by atoms with van der Waals surface area (Å²) in [7, 11) is 0. The number of nitrogens with one attached hydrogen (secondary N) is 1. The summed E-state index contributed by atoms with van der Waals surface area (Å²) in [5.41, 5.74) is 2.11. The maximum atomic E-state index is 3.50. The van der Waals surface area contributed by atoms with E-state index in [1.165, 1.54) is 55.9 Å². The summed E-state index contributed by atoms with van der Waals surface area (Å²) in [6.45, 7) is 8.38. The zero-order valence-corrected chi connectivity index (χ0v) is 14.6. The van der Waals surface area contributed by atoms with Crippen LogP contribution in [0.25, 0.3) is 0 Å². The van der Waals surface area contributed by atoms with Crippen LogP contribution >= 0.6 is 24.2 Å². The van der Waals surface area contributed by atoms with Crippen LogP contribution in [-0.4, -0.2) is 36.8 Å². The lowest BCUT2D eigenvalue weighted by Gasteiger charge is -2.34. The summed E-state index contributed by atoms with van der Waals surface area (Å²) in [6.07, 6.45) is 4.14. The van der Waals surface area contributed by atoms with E-state index in [0.717, 1.165) is 12.3 Å². The average molecular weight is 327 g/mol. The van der Waals surface area contributed by atoms with E-state index < -0.39 is 0 Å². The van der Waals surface area contributed by atoms with Crippen molar-refractivity contribution in [1.82, 2.24) is 10.2 Å². The van der Waals surface area contributed by atoms with Crippen molar-refractivity contribution >= 4 is 24.2 Å². The fourth-order valence-electron chi connectivity index (χ4n) is 3.69. The molecule has 3 rings (SSSR count). The summed E-state index contributed by atoms with van der Waals surface area (Å²) in [5, 5.41) is 3.50. The molecule has 2 nitrogen and oxygen atoms in total. The number of piperidine rings is 1. The number of nitrogens with zero attached hydrogens (tertiary/aromatic N) is 1. The van der Waals surface area contributed by atoms with Gasteiger partial charge in [-0.1, -0.05) is 19.1 Å². The molecule has 0 amide bonds. The van der Waals surface area contributed by atoms with Crippen molar-refractivity contribution in [3.8, 4) is 0 Å². The first-order valence-corrected chi connectivity index (χ1v) is 8.93. The molecule has 21 heavy (non-hydrogen) atoms. The van der Waals surface area contributed by atoms with Crippen molar-refractivity contribution in [3.05, 3.63) is 29.8 Å². The van der Waals surface area contributed by atoms with Gasteiger partial charge in [-0.05, 0) is 67.8 Å². The summed E-state index contributed by atoms with van der Waals surface area (Å²) < 4.78 is 0. The van der Waals surface area contributed by atoms with Gasteiger partial charge in [0.2, 0.25) is 0 Å². The molecule has 2 aliphatic heterocycles. The summed E-state index contributed by atoms with van der Waals surface area (Å²) >= 11 is 1.94. The van der Waals surface area contributed by atoms with E-state index in [1.54, 1.807) is 0 Å². The molecule has 1 aromatic carbocycles. The Kier molecular flexibility index (Phi) is 6.42. The molecule has 0 aromatic heterocycles.